The summed E-state index contributed by atoms with van der Waals surface area (Å²) in [6.45, 7) is 3.45. The summed E-state index contributed by atoms with van der Waals surface area (Å²) in [5.41, 5.74) is 1.49. The van der Waals surface area contributed by atoms with Crippen molar-refractivity contribution in [1.29, 1.82) is 0 Å². The Labute approximate surface area is 225 Å². The molecule has 13 heteroatoms. The minimum Gasteiger partial charge on any atom is -0.346 e. The molecule has 0 unspecified atom stereocenters. The van der Waals surface area contributed by atoms with Gasteiger partial charge in [-0.15, -0.1) is 0 Å². The second-order valence-electron chi connectivity index (χ2n) is 9.10. The van der Waals surface area contributed by atoms with Crippen molar-refractivity contribution in [3.05, 3.63) is 83.6 Å². The smallest absolute Gasteiger partial charge is 0.346 e. The number of aromatic amines is 2. The highest BCUT2D eigenvalue weighted by Crippen LogP contribution is 2.34. The van der Waals surface area contributed by atoms with Crippen LogP contribution in [0.15, 0.2) is 61.2 Å². The lowest BCUT2D eigenvalue weighted by atomic mass is 10.1. The number of carbonyl (C=O) groups excluding carboxylic acids is 2. The minimum atomic E-state index is -4.64. The summed E-state index contributed by atoms with van der Waals surface area (Å²) in [7, 11) is 1.54. The fourth-order valence-corrected chi connectivity index (χ4v) is 4.08. The maximum absolute atomic E-state index is 13.6. The maximum Gasteiger partial charge on any atom is 0.416 e. The summed E-state index contributed by atoms with van der Waals surface area (Å²) in [6, 6.07) is 9.04. The minimum absolute atomic E-state index is 0.0611. The van der Waals surface area contributed by atoms with Gasteiger partial charge in [-0.05, 0) is 55.8 Å². The monoisotopic (exact) mass is 548 g/mol. The Kier molecular flexibility index (Phi) is 6.71. The highest BCUT2D eigenvalue weighted by Gasteiger charge is 2.32. The first-order valence-corrected chi connectivity index (χ1v) is 12.0. The van der Waals surface area contributed by atoms with Gasteiger partial charge in [-0.1, -0.05) is 6.07 Å². The molecule has 204 valence electrons. The van der Waals surface area contributed by atoms with Gasteiger partial charge in [-0.25, -0.2) is 19.7 Å². The molecule has 3 aromatic heterocycles. The highest BCUT2D eigenvalue weighted by atomic mass is 19.4. The number of imidazole rings is 1. The maximum atomic E-state index is 13.6. The third kappa shape index (κ3) is 5.34. The Morgan fingerprint density at radius 3 is 2.50 bits per heavy atom. The second-order valence-corrected chi connectivity index (χ2v) is 9.10. The van der Waals surface area contributed by atoms with E-state index < -0.39 is 23.7 Å². The van der Waals surface area contributed by atoms with Gasteiger partial charge in [0.05, 0.1) is 16.6 Å². The normalized spacial score (nSPS) is 11.4. The van der Waals surface area contributed by atoms with Crippen LogP contribution in [0.25, 0.3) is 22.4 Å². The van der Waals surface area contributed by atoms with E-state index in [1.165, 1.54) is 29.4 Å². The first-order valence-electron chi connectivity index (χ1n) is 12.0. The number of nitrogens with one attached hydrogen (secondary N) is 4. The van der Waals surface area contributed by atoms with E-state index >= 15 is 0 Å². The lowest BCUT2D eigenvalue weighted by Crippen LogP contribution is -2.32. The van der Waals surface area contributed by atoms with Crippen molar-refractivity contribution in [2.24, 2.45) is 0 Å². The van der Waals surface area contributed by atoms with Gasteiger partial charge in [0.15, 0.2) is 0 Å². The standard InChI is InChI=1S/C27H23F3N8O2/c1-14-4-5-16(10-21(14)37-26(40)38(3)24-20-6-7-31-23(20)33-13-34-24)25(39)36-19-9-17(22-32-12-15(2)35-22)8-18(11-19)27(28,29)30/h4-13H,1-3H3,(H,32,35)(H,36,39)(H,37,40)(H,31,33,34). The van der Waals surface area contributed by atoms with Gasteiger partial charge < -0.3 is 20.6 Å². The van der Waals surface area contributed by atoms with Crippen molar-refractivity contribution in [2.45, 2.75) is 20.0 Å². The van der Waals surface area contributed by atoms with E-state index in [1.54, 1.807) is 45.4 Å². The van der Waals surface area contributed by atoms with Crippen LogP contribution in [0, 0.1) is 13.8 Å². The number of H-pyrrole nitrogens is 2. The molecule has 5 aromatic rings. The zero-order valence-electron chi connectivity index (χ0n) is 21.5. The van der Waals surface area contributed by atoms with Crippen molar-refractivity contribution in [3.8, 4) is 11.4 Å². The predicted molar refractivity (Wildman–Crippen MR) is 144 cm³/mol. The predicted octanol–water partition coefficient (Wildman–Crippen LogP) is 5.90. The van der Waals surface area contributed by atoms with Crippen LogP contribution in [0.1, 0.15) is 27.2 Å². The number of hydrogen-bond acceptors (Lipinski definition) is 5. The topological polar surface area (TPSA) is 132 Å². The fourth-order valence-electron chi connectivity index (χ4n) is 4.08. The molecule has 0 aliphatic carbocycles. The number of hydrogen-bond donors (Lipinski definition) is 4. The number of rotatable bonds is 5. The molecule has 3 amide bonds. The van der Waals surface area contributed by atoms with E-state index in [-0.39, 0.29) is 22.6 Å². The molecule has 10 nitrogen and oxygen atoms in total. The summed E-state index contributed by atoms with van der Waals surface area (Å²) < 4.78 is 40.8. The summed E-state index contributed by atoms with van der Waals surface area (Å²) in [5.74, 6) is -0.0406. The molecule has 0 saturated carbocycles. The Morgan fingerprint density at radius 1 is 0.975 bits per heavy atom. The van der Waals surface area contributed by atoms with Crippen LogP contribution in [0.4, 0.5) is 35.2 Å². The number of urea groups is 1. The zero-order chi connectivity index (χ0) is 28.6. The number of halogens is 3. The van der Waals surface area contributed by atoms with Crippen LogP contribution in [0.2, 0.25) is 0 Å². The summed E-state index contributed by atoms with van der Waals surface area (Å²) in [4.78, 5) is 45.7. The van der Waals surface area contributed by atoms with E-state index in [0.29, 0.717) is 33.8 Å². The Balaban J connectivity index is 1.38. The number of fused-ring (bicyclic) bond motifs is 1. The van der Waals surface area contributed by atoms with Gasteiger partial charge in [-0.2, -0.15) is 13.2 Å². The van der Waals surface area contributed by atoms with E-state index in [9.17, 15) is 22.8 Å². The molecule has 0 fully saturated rings. The Morgan fingerprint density at radius 2 is 1.77 bits per heavy atom. The molecule has 0 atom stereocenters. The molecular formula is C27H23F3N8O2. The van der Waals surface area contributed by atoms with E-state index in [2.05, 4.69) is 35.6 Å². The average molecular weight is 549 g/mol. The lowest BCUT2D eigenvalue weighted by Gasteiger charge is -2.19. The number of alkyl halides is 3. The van der Waals surface area contributed by atoms with Crippen LogP contribution in [0.5, 0.6) is 0 Å². The van der Waals surface area contributed by atoms with E-state index in [1.807, 2.05) is 0 Å². The fraction of sp³-hybridized carbons (Fsp3) is 0.148. The molecule has 0 aliphatic heterocycles. The van der Waals surface area contributed by atoms with E-state index in [0.717, 1.165) is 12.1 Å². The molecule has 2 aromatic carbocycles. The number of nitrogens with zero attached hydrogens (tertiary/aromatic N) is 4. The first kappa shape index (κ1) is 26.4. The van der Waals surface area contributed by atoms with Gasteiger partial charge in [-0.3, -0.25) is 9.69 Å². The summed E-state index contributed by atoms with van der Waals surface area (Å²) in [6.07, 6.45) is -0.0522. The largest absolute Gasteiger partial charge is 0.416 e. The van der Waals surface area contributed by atoms with Gasteiger partial charge in [0.2, 0.25) is 0 Å². The van der Waals surface area contributed by atoms with Crippen molar-refractivity contribution in [1.82, 2.24) is 24.9 Å². The molecule has 40 heavy (non-hydrogen) atoms. The number of benzene rings is 2. The van der Waals surface area contributed by atoms with Crippen molar-refractivity contribution in [2.75, 3.05) is 22.6 Å². The average Bonchev–Trinajstić information content (AvgIpc) is 3.57. The van der Waals surface area contributed by atoms with Gasteiger partial charge >= 0.3 is 12.2 Å². The molecule has 0 bridgehead atoms. The number of aryl methyl sites for hydroxylation is 2. The number of anilines is 3. The van der Waals surface area contributed by atoms with Crippen LogP contribution in [0.3, 0.4) is 0 Å². The van der Waals surface area contributed by atoms with E-state index in [4.69, 9.17) is 0 Å². The molecule has 4 N–H and O–H groups in total. The number of aromatic nitrogens is 5. The molecule has 0 aliphatic rings. The van der Waals surface area contributed by atoms with Gasteiger partial charge in [0.1, 0.15) is 23.6 Å². The zero-order valence-corrected chi connectivity index (χ0v) is 21.5. The van der Waals surface area contributed by atoms with Gasteiger partial charge in [0, 0.05) is 41.9 Å². The number of amides is 3. The van der Waals surface area contributed by atoms with Crippen molar-refractivity contribution in [3.63, 3.8) is 0 Å². The SMILES string of the molecule is Cc1c[nH]c(-c2cc(NC(=O)c3ccc(C)c(NC(=O)N(C)c4ncnc5[nH]ccc45)c3)cc(C(F)(F)F)c2)n1. The molecular weight excluding hydrogens is 525 g/mol. The Hall–Kier alpha value is -5.20. The van der Waals surface area contributed by atoms with Crippen LogP contribution in [-0.4, -0.2) is 43.9 Å². The molecule has 0 saturated heterocycles. The first-order chi connectivity index (χ1) is 19.0. The van der Waals surface area contributed by atoms with Crippen LogP contribution < -0.4 is 15.5 Å². The molecule has 0 spiro atoms. The summed E-state index contributed by atoms with van der Waals surface area (Å²) >= 11 is 0. The van der Waals surface area contributed by atoms with Crippen LogP contribution in [-0.2, 0) is 6.18 Å². The molecule has 3 heterocycles. The molecule has 0 radical (unpaired) electrons. The number of carbonyl (C=O) groups is 2. The van der Waals surface area contributed by atoms with Crippen molar-refractivity contribution >= 4 is 40.2 Å². The van der Waals surface area contributed by atoms with Crippen LogP contribution >= 0.6 is 0 Å². The quantitative estimate of drug-likeness (QED) is 0.217. The summed E-state index contributed by atoms with van der Waals surface area (Å²) in [5, 5.41) is 5.94. The third-order valence-electron chi connectivity index (χ3n) is 6.19. The Bertz CT molecular complexity index is 1740. The molecule has 5 rings (SSSR count). The second kappa shape index (κ2) is 10.2. The highest BCUT2D eigenvalue weighted by molar-refractivity contribution is 6.08. The van der Waals surface area contributed by atoms with Crippen molar-refractivity contribution < 1.29 is 22.8 Å². The van der Waals surface area contributed by atoms with Gasteiger partial charge in [0.25, 0.3) is 5.91 Å². The third-order valence-corrected chi connectivity index (χ3v) is 6.19. The lowest BCUT2D eigenvalue weighted by molar-refractivity contribution is -0.137.